The SMILES string of the molecule is CNC(=O)Nc1ccc2nnc(C(=O)N3C[C@H]4C[C@@H](c5ccccc5C(F)(F)F)C[C@H]4C3)n2c1. The number of amides is 3. The average molecular weight is 472 g/mol. The molecule has 3 aromatic rings. The van der Waals surface area contributed by atoms with Gasteiger partial charge in [-0.1, -0.05) is 18.2 Å². The number of hydrogen-bond donors (Lipinski definition) is 2. The lowest BCUT2D eigenvalue weighted by Gasteiger charge is -2.21. The number of fused-ring (bicyclic) bond motifs is 2. The van der Waals surface area contributed by atoms with Crippen LogP contribution in [0, 0.1) is 11.8 Å². The van der Waals surface area contributed by atoms with Crippen LogP contribution >= 0.6 is 0 Å². The number of nitrogens with zero attached hydrogens (tertiary/aromatic N) is 4. The zero-order valence-corrected chi connectivity index (χ0v) is 18.3. The zero-order valence-electron chi connectivity index (χ0n) is 18.3. The monoisotopic (exact) mass is 472 g/mol. The van der Waals surface area contributed by atoms with Gasteiger partial charge in [0.25, 0.3) is 5.91 Å². The number of pyridine rings is 1. The summed E-state index contributed by atoms with van der Waals surface area (Å²) in [5, 5.41) is 13.2. The van der Waals surface area contributed by atoms with Crippen molar-refractivity contribution in [3.63, 3.8) is 0 Å². The number of rotatable bonds is 3. The second-order valence-electron chi connectivity index (χ2n) is 8.86. The van der Waals surface area contributed by atoms with Crippen LogP contribution in [0.2, 0.25) is 0 Å². The molecule has 2 fully saturated rings. The number of carbonyl (C=O) groups excluding carboxylic acids is 2. The van der Waals surface area contributed by atoms with Gasteiger partial charge in [-0.05, 0) is 54.4 Å². The maximum Gasteiger partial charge on any atom is 0.416 e. The highest BCUT2D eigenvalue weighted by molar-refractivity contribution is 5.92. The van der Waals surface area contributed by atoms with Crippen molar-refractivity contribution < 1.29 is 22.8 Å². The van der Waals surface area contributed by atoms with E-state index in [4.69, 9.17) is 0 Å². The van der Waals surface area contributed by atoms with Crippen molar-refractivity contribution in [1.82, 2.24) is 24.8 Å². The Balaban J connectivity index is 1.31. The van der Waals surface area contributed by atoms with Gasteiger partial charge in [-0.15, -0.1) is 10.2 Å². The highest BCUT2D eigenvalue weighted by atomic mass is 19.4. The first-order valence-electron chi connectivity index (χ1n) is 11.0. The van der Waals surface area contributed by atoms with Crippen LogP contribution in [0.25, 0.3) is 5.65 Å². The topological polar surface area (TPSA) is 91.6 Å². The van der Waals surface area contributed by atoms with Crippen LogP contribution in [-0.2, 0) is 6.18 Å². The highest BCUT2D eigenvalue weighted by Gasteiger charge is 2.45. The number of alkyl halides is 3. The molecule has 3 atom stereocenters. The van der Waals surface area contributed by atoms with Crippen LogP contribution in [0.3, 0.4) is 0 Å². The predicted octanol–water partition coefficient (Wildman–Crippen LogP) is 3.77. The number of likely N-dealkylation sites (tertiary alicyclic amines) is 1. The van der Waals surface area contributed by atoms with Crippen molar-refractivity contribution in [2.75, 3.05) is 25.5 Å². The summed E-state index contributed by atoms with van der Waals surface area (Å²) in [4.78, 5) is 26.5. The molecule has 1 aromatic carbocycles. The Morgan fingerprint density at radius 1 is 1.03 bits per heavy atom. The molecule has 11 heteroatoms. The van der Waals surface area contributed by atoms with E-state index in [2.05, 4.69) is 20.8 Å². The fraction of sp³-hybridized carbons (Fsp3) is 0.391. The smallest absolute Gasteiger partial charge is 0.341 e. The molecule has 1 saturated carbocycles. The van der Waals surface area contributed by atoms with E-state index in [9.17, 15) is 22.8 Å². The first-order valence-corrected chi connectivity index (χ1v) is 11.0. The molecule has 3 heterocycles. The van der Waals surface area contributed by atoms with Gasteiger partial charge in [-0.25, -0.2) is 4.79 Å². The number of nitrogens with one attached hydrogen (secondary N) is 2. The summed E-state index contributed by atoms with van der Waals surface area (Å²) in [5.41, 5.74) is 0.727. The third-order valence-corrected chi connectivity index (χ3v) is 6.82. The van der Waals surface area contributed by atoms with Crippen molar-refractivity contribution in [1.29, 1.82) is 0 Å². The van der Waals surface area contributed by atoms with Crippen LogP contribution in [0.1, 0.15) is 40.5 Å². The molecule has 1 saturated heterocycles. The van der Waals surface area contributed by atoms with E-state index in [1.54, 1.807) is 35.4 Å². The number of hydrogen-bond acceptors (Lipinski definition) is 4. The summed E-state index contributed by atoms with van der Waals surface area (Å²) in [7, 11) is 1.50. The third kappa shape index (κ3) is 3.95. The van der Waals surface area contributed by atoms with Crippen molar-refractivity contribution >= 4 is 23.3 Å². The van der Waals surface area contributed by atoms with Gasteiger partial charge in [0.15, 0.2) is 5.65 Å². The molecule has 8 nitrogen and oxygen atoms in total. The van der Waals surface area contributed by atoms with Crippen LogP contribution in [0.15, 0.2) is 42.6 Å². The van der Waals surface area contributed by atoms with E-state index in [1.807, 2.05) is 0 Å². The van der Waals surface area contributed by atoms with E-state index in [1.165, 1.54) is 17.5 Å². The number of halogens is 3. The molecule has 34 heavy (non-hydrogen) atoms. The van der Waals surface area contributed by atoms with Crippen LogP contribution < -0.4 is 10.6 Å². The summed E-state index contributed by atoms with van der Waals surface area (Å²) in [6, 6.07) is 8.70. The molecule has 2 N–H and O–H groups in total. The Kier molecular flexibility index (Phi) is 5.41. The van der Waals surface area contributed by atoms with E-state index in [-0.39, 0.29) is 29.5 Å². The van der Waals surface area contributed by atoms with Gasteiger partial charge in [0, 0.05) is 26.3 Å². The molecule has 3 amide bonds. The summed E-state index contributed by atoms with van der Waals surface area (Å²) in [6.07, 6.45) is -1.57. The largest absolute Gasteiger partial charge is 0.416 e. The van der Waals surface area contributed by atoms with Gasteiger partial charge in [-0.2, -0.15) is 13.2 Å². The lowest BCUT2D eigenvalue weighted by Crippen LogP contribution is -2.31. The first kappa shape index (κ1) is 22.2. The third-order valence-electron chi connectivity index (χ3n) is 6.82. The van der Waals surface area contributed by atoms with E-state index < -0.39 is 17.8 Å². The Bertz CT molecular complexity index is 1240. The quantitative estimate of drug-likeness (QED) is 0.607. The molecule has 2 aromatic heterocycles. The Labute approximate surface area is 193 Å². The Morgan fingerprint density at radius 3 is 2.41 bits per heavy atom. The van der Waals surface area contributed by atoms with Crippen molar-refractivity contribution in [3.05, 3.63) is 59.5 Å². The molecular weight excluding hydrogens is 449 g/mol. The second kappa shape index (κ2) is 8.30. The van der Waals surface area contributed by atoms with Gasteiger partial charge >= 0.3 is 12.2 Å². The summed E-state index contributed by atoms with van der Waals surface area (Å²) >= 11 is 0. The number of urea groups is 1. The summed E-state index contributed by atoms with van der Waals surface area (Å²) < 4.78 is 41.9. The van der Waals surface area contributed by atoms with E-state index in [0.29, 0.717) is 42.8 Å². The number of benzene rings is 1. The lowest BCUT2D eigenvalue weighted by molar-refractivity contribution is -0.138. The molecular formula is C23H23F3N6O2. The van der Waals surface area contributed by atoms with Gasteiger partial charge in [0.05, 0.1) is 11.3 Å². The Morgan fingerprint density at radius 2 is 1.74 bits per heavy atom. The van der Waals surface area contributed by atoms with Gasteiger partial charge in [-0.3, -0.25) is 9.20 Å². The number of anilines is 1. The minimum atomic E-state index is -4.38. The molecule has 178 valence electrons. The maximum atomic E-state index is 13.5. The number of carbonyl (C=O) groups is 2. The van der Waals surface area contributed by atoms with Gasteiger partial charge < -0.3 is 15.5 Å². The highest BCUT2D eigenvalue weighted by Crippen LogP contribution is 2.49. The zero-order chi connectivity index (χ0) is 24.0. The van der Waals surface area contributed by atoms with Gasteiger partial charge in [0.1, 0.15) is 0 Å². The summed E-state index contributed by atoms with van der Waals surface area (Å²) in [5.74, 6) is -0.0436. The minimum absolute atomic E-state index is 0.134. The number of aromatic nitrogens is 3. The van der Waals surface area contributed by atoms with Crippen molar-refractivity contribution in [2.45, 2.75) is 24.9 Å². The summed E-state index contributed by atoms with van der Waals surface area (Å²) in [6.45, 7) is 0.943. The molecule has 5 rings (SSSR count). The second-order valence-corrected chi connectivity index (χ2v) is 8.86. The van der Waals surface area contributed by atoms with Crippen molar-refractivity contribution in [2.24, 2.45) is 11.8 Å². The average Bonchev–Trinajstić information content (AvgIpc) is 3.51. The fourth-order valence-corrected chi connectivity index (χ4v) is 5.28. The normalized spacial score (nSPS) is 22.1. The molecule has 1 aliphatic heterocycles. The van der Waals surface area contributed by atoms with E-state index >= 15 is 0 Å². The van der Waals surface area contributed by atoms with Crippen LogP contribution in [0.4, 0.5) is 23.7 Å². The lowest BCUT2D eigenvalue weighted by atomic mass is 9.91. The van der Waals surface area contributed by atoms with Crippen LogP contribution in [-0.4, -0.2) is 51.6 Å². The Hall–Kier alpha value is -3.63. The molecule has 1 aliphatic carbocycles. The fourth-order valence-electron chi connectivity index (χ4n) is 5.28. The standard InChI is InChI=1S/C23H23F3N6O2/c1-27-22(34)28-16-6-7-19-29-30-20(32(19)12-16)21(33)31-10-14-8-13(9-15(14)11-31)17-4-2-3-5-18(17)23(24,25)26/h2-7,12-15H,8-11H2,1H3,(H2,27,28,34)/t13-,14-,15+. The predicted molar refractivity (Wildman–Crippen MR) is 117 cm³/mol. The minimum Gasteiger partial charge on any atom is -0.341 e. The molecule has 0 spiro atoms. The van der Waals surface area contributed by atoms with Crippen LogP contribution in [0.5, 0.6) is 0 Å². The molecule has 0 unspecified atom stereocenters. The van der Waals surface area contributed by atoms with Gasteiger partial charge in [0.2, 0.25) is 5.82 Å². The maximum absolute atomic E-state index is 13.5. The first-order chi connectivity index (χ1) is 16.2. The van der Waals surface area contributed by atoms with Crippen molar-refractivity contribution in [3.8, 4) is 0 Å². The van der Waals surface area contributed by atoms with E-state index in [0.717, 1.165) is 6.07 Å². The molecule has 2 aliphatic rings. The molecule has 0 radical (unpaired) electrons. The molecule has 0 bridgehead atoms.